The Hall–Kier alpha value is -1.93. The predicted octanol–water partition coefficient (Wildman–Crippen LogP) is 0.906. The topological polar surface area (TPSA) is 86.0 Å². The Labute approximate surface area is 99.1 Å². The van der Waals surface area contributed by atoms with Gasteiger partial charge in [-0.15, -0.1) is 0 Å². The molecule has 1 aromatic rings. The molecule has 1 fully saturated rings. The molecule has 5 heteroatoms. The van der Waals surface area contributed by atoms with E-state index in [1.165, 1.54) is 0 Å². The van der Waals surface area contributed by atoms with Gasteiger partial charge in [0.15, 0.2) is 0 Å². The van der Waals surface area contributed by atoms with Gasteiger partial charge in [-0.3, -0.25) is 10.1 Å². The standard InChI is InChI=1S/C12H13N3O2/c13-6-10-9(2-1-5-14-10)7-15-11(12(16)17)8-3-4-8/h1-2,5,8,11,15H,3-4,7H2,(H,16,17). The number of rotatable bonds is 5. The summed E-state index contributed by atoms with van der Waals surface area (Å²) in [6.07, 6.45) is 3.47. The van der Waals surface area contributed by atoms with Gasteiger partial charge in [0.2, 0.25) is 0 Å². The molecule has 1 aromatic heterocycles. The monoisotopic (exact) mass is 231 g/mol. The van der Waals surface area contributed by atoms with Gasteiger partial charge < -0.3 is 5.11 Å². The maximum Gasteiger partial charge on any atom is 0.320 e. The Bertz CT molecular complexity index is 463. The van der Waals surface area contributed by atoms with Crippen LogP contribution < -0.4 is 5.32 Å². The van der Waals surface area contributed by atoms with Crippen molar-refractivity contribution in [1.29, 1.82) is 5.26 Å². The Morgan fingerprint density at radius 1 is 1.71 bits per heavy atom. The van der Waals surface area contributed by atoms with Crippen LogP contribution in [0.25, 0.3) is 0 Å². The number of nitrogens with one attached hydrogen (secondary N) is 1. The summed E-state index contributed by atoms with van der Waals surface area (Å²) in [6.45, 7) is 0.365. The smallest absolute Gasteiger partial charge is 0.320 e. The molecule has 17 heavy (non-hydrogen) atoms. The van der Waals surface area contributed by atoms with Crippen molar-refractivity contribution in [3.63, 3.8) is 0 Å². The summed E-state index contributed by atoms with van der Waals surface area (Å²) in [5.74, 6) is -0.593. The summed E-state index contributed by atoms with van der Waals surface area (Å²) in [7, 11) is 0. The normalized spacial score (nSPS) is 16.2. The average molecular weight is 231 g/mol. The first-order valence-electron chi connectivity index (χ1n) is 5.52. The van der Waals surface area contributed by atoms with Crippen molar-refractivity contribution < 1.29 is 9.90 Å². The molecule has 0 bridgehead atoms. The molecular formula is C12H13N3O2. The second kappa shape index (κ2) is 4.93. The van der Waals surface area contributed by atoms with Crippen LogP contribution in [-0.2, 0) is 11.3 Å². The number of carboxylic acid groups (broad SMARTS) is 1. The van der Waals surface area contributed by atoms with Gasteiger partial charge in [0, 0.05) is 18.3 Å². The van der Waals surface area contributed by atoms with Crippen LogP contribution in [0.1, 0.15) is 24.1 Å². The van der Waals surface area contributed by atoms with Crippen LogP contribution >= 0.6 is 0 Å². The van der Waals surface area contributed by atoms with Crippen molar-refractivity contribution >= 4 is 5.97 Å². The number of hydrogen-bond donors (Lipinski definition) is 2. The van der Waals surface area contributed by atoms with E-state index < -0.39 is 12.0 Å². The fourth-order valence-corrected chi connectivity index (χ4v) is 1.79. The molecule has 1 heterocycles. The average Bonchev–Trinajstić information content (AvgIpc) is 3.14. The van der Waals surface area contributed by atoms with Crippen molar-refractivity contribution in [2.75, 3.05) is 0 Å². The lowest BCUT2D eigenvalue weighted by Gasteiger charge is -2.13. The van der Waals surface area contributed by atoms with E-state index in [9.17, 15) is 4.79 Å². The zero-order valence-corrected chi connectivity index (χ0v) is 9.26. The van der Waals surface area contributed by atoms with Crippen molar-refractivity contribution in [3.05, 3.63) is 29.6 Å². The van der Waals surface area contributed by atoms with Gasteiger partial charge in [0.05, 0.1) is 0 Å². The summed E-state index contributed by atoms with van der Waals surface area (Å²) in [6, 6.07) is 5.01. The number of nitriles is 1. The minimum absolute atomic E-state index is 0.231. The van der Waals surface area contributed by atoms with Gasteiger partial charge in [0.1, 0.15) is 17.8 Å². The second-order valence-electron chi connectivity index (χ2n) is 4.16. The molecule has 0 amide bonds. The molecule has 1 atom stereocenters. The Balaban J connectivity index is 2.01. The highest BCUT2D eigenvalue weighted by molar-refractivity contribution is 5.74. The Morgan fingerprint density at radius 3 is 3.06 bits per heavy atom. The van der Waals surface area contributed by atoms with Crippen LogP contribution in [0.4, 0.5) is 0 Å². The highest BCUT2D eigenvalue weighted by Gasteiger charge is 2.35. The third-order valence-corrected chi connectivity index (χ3v) is 2.87. The molecule has 1 saturated carbocycles. The second-order valence-corrected chi connectivity index (χ2v) is 4.16. The minimum Gasteiger partial charge on any atom is -0.480 e. The van der Waals surface area contributed by atoms with Crippen LogP contribution in [0.15, 0.2) is 18.3 Å². The first-order valence-corrected chi connectivity index (χ1v) is 5.52. The number of carbonyl (C=O) groups is 1. The van der Waals surface area contributed by atoms with Crippen molar-refractivity contribution in [1.82, 2.24) is 10.3 Å². The van der Waals surface area contributed by atoms with E-state index in [2.05, 4.69) is 10.3 Å². The van der Waals surface area contributed by atoms with Crippen LogP contribution in [0, 0.1) is 17.2 Å². The van der Waals surface area contributed by atoms with Gasteiger partial charge >= 0.3 is 5.97 Å². The summed E-state index contributed by atoms with van der Waals surface area (Å²) < 4.78 is 0. The van der Waals surface area contributed by atoms with Gasteiger partial charge in [-0.25, -0.2) is 4.98 Å². The van der Waals surface area contributed by atoms with E-state index in [1.807, 2.05) is 6.07 Å². The van der Waals surface area contributed by atoms with E-state index in [0.29, 0.717) is 12.2 Å². The molecule has 0 aliphatic heterocycles. The molecule has 5 nitrogen and oxygen atoms in total. The van der Waals surface area contributed by atoms with Gasteiger partial charge in [-0.2, -0.15) is 5.26 Å². The maximum absolute atomic E-state index is 11.0. The quantitative estimate of drug-likeness (QED) is 0.786. The fraction of sp³-hybridized carbons (Fsp3) is 0.417. The highest BCUT2D eigenvalue weighted by Crippen LogP contribution is 2.32. The zero-order valence-electron chi connectivity index (χ0n) is 9.26. The summed E-state index contributed by atoms with van der Waals surface area (Å²) in [5.41, 5.74) is 1.09. The largest absolute Gasteiger partial charge is 0.480 e. The van der Waals surface area contributed by atoms with Crippen molar-refractivity contribution in [2.24, 2.45) is 5.92 Å². The number of aliphatic carboxylic acids is 1. The lowest BCUT2D eigenvalue weighted by atomic mass is 10.1. The lowest BCUT2D eigenvalue weighted by molar-refractivity contribution is -0.140. The zero-order chi connectivity index (χ0) is 12.3. The number of carboxylic acids is 1. The SMILES string of the molecule is N#Cc1ncccc1CNC(C(=O)O)C1CC1. The molecule has 0 saturated heterocycles. The lowest BCUT2D eigenvalue weighted by Crippen LogP contribution is -2.38. The van der Waals surface area contributed by atoms with E-state index in [1.54, 1.807) is 18.3 Å². The molecule has 1 aliphatic carbocycles. The Morgan fingerprint density at radius 2 is 2.47 bits per heavy atom. The van der Waals surface area contributed by atoms with Crippen LogP contribution in [0.3, 0.4) is 0 Å². The molecule has 1 aliphatic rings. The molecule has 88 valence electrons. The summed E-state index contributed by atoms with van der Waals surface area (Å²) >= 11 is 0. The molecule has 1 unspecified atom stereocenters. The first kappa shape index (κ1) is 11.6. The summed E-state index contributed by atoms with van der Waals surface area (Å²) in [5, 5.41) is 20.9. The van der Waals surface area contributed by atoms with E-state index >= 15 is 0 Å². The fourth-order valence-electron chi connectivity index (χ4n) is 1.79. The first-order chi connectivity index (χ1) is 8.22. The molecule has 2 N–H and O–H groups in total. The van der Waals surface area contributed by atoms with Gasteiger partial charge in [-0.1, -0.05) is 6.07 Å². The van der Waals surface area contributed by atoms with Crippen molar-refractivity contribution in [2.45, 2.75) is 25.4 Å². The van der Waals surface area contributed by atoms with Gasteiger partial charge in [0.25, 0.3) is 0 Å². The highest BCUT2D eigenvalue weighted by atomic mass is 16.4. The van der Waals surface area contributed by atoms with Crippen LogP contribution in [0.2, 0.25) is 0 Å². The molecule has 2 rings (SSSR count). The number of nitrogens with zero attached hydrogens (tertiary/aromatic N) is 2. The third kappa shape index (κ3) is 2.80. The minimum atomic E-state index is -0.824. The number of aromatic nitrogens is 1. The molecule has 0 radical (unpaired) electrons. The molecule has 0 aromatic carbocycles. The molecular weight excluding hydrogens is 218 g/mol. The van der Waals surface area contributed by atoms with E-state index in [4.69, 9.17) is 10.4 Å². The van der Waals surface area contributed by atoms with Crippen LogP contribution in [-0.4, -0.2) is 22.1 Å². The van der Waals surface area contributed by atoms with E-state index in [0.717, 1.165) is 18.4 Å². The number of hydrogen-bond acceptors (Lipinski definition) is 4. The van der Waals surface area contributed by atoms with Crippen molar-refractivity contribution in [3.8, 4) is 6.07 Å². The summed E-state index contributed by atoms with van der Waals surface area (Å²) in [4.78, 5) is 14.9. The number of pyridine rings is 1. The predicted molar refractivity (Wildman–Crippen MR) is 59.9 cm³/mol. The van der Waals surface area contributed by atoms with Gasteiger partial charge in [-0.05, 0) is 24.8 Å². The molecule has 0 spiro atoms. The Kier molecular flexibility index (Phi) is 3.35. The maximum atomic E-state index is 11.0. The van der Waals surface area contributed by atoms with Crippen LogP contribution in [0.5, 0.6) is 0 Å². The van der Waals surface area contributed by atoms with E-state index in [-0.39, 0.29) is 5.92 Å². The third-order valence-electron chi connectivity index (χ3n) is 2.87.